The summed E-state index contributed by atoms with van der Waals surface area (Å²) >= 11 is 0. The molecule has 19 heavy (non-hydrogen) atoms. The van der Waals surface area contributed by atoms with Crippen LogP contribution in [-0.4, -0.2) is 45.0 Å². The van der Waals surface area contributed by atoms with Gasteiger partial charge in [0, 0.05) is 45.8 Å². The number of benzene rings is 1. The molecule has 1 N–H and O–H groups in total. The summed E-state index contributed by atoms with van der Waals surface area (Å²) in [5.41, 5.74) is 2.35. The van der Waals surface area contributed by atoms with Crippen molar-refractivity contribution < 1.29 is 4.79 Å². The molecule has 4 heteroatoms. The Bertz CT molecular complexity index is 387. The van der Waals surface area contributed by atoms with Crippen LogP contribution in [0.3, 0.4) is 0 Å². The van der Waals surface area contributed by atoms with Crippen molar-refractivity contribution >= 4 is 11.6 Å². The third kappa shape index (κ3) is 4.91. The lowest BCUT2D eigenvalue weighted by atomic mass is 10.2. The van der Waals surface area contributed by atoms with Gasteiger partial charge in [0.2, 0.25) is 5.91 Å². The van der Waals surface area contributed by atoms with Crippen molar-refractivity contribution in [3.05, 3.63) is 29.8 Å². The molecule has 0 radical (unpaired) electrons. The number of carbonyl (C=O) groups is 1. The average Bonchev–Trinajstić information content (AvgIpc) is 2.42. The summed E-state index contributed by atoms with van der Waals surface area (Å²) in [6.07, 6.45) is 0.556. The Kier molecular flexibility index (Phi) is 6.36. The van der Waals surface area contributed by atoms with E-state index in [1.54, 1.807) is 0 Å². The molecule has 106 valence electrons. The highest BCUT2D eigenvalue weighted by Gasteiger charge is 2.11. The van der Waals surface area contributed by atoms with Gasteiger partial charge in [-0.25, -0.2) is 0 Å². The monoisotopic (exact) mass is 263 g/mol. The standard InChI is InChI=1S/C15H25N3O/c1-5-18(15(19)10-11-16-2)12-13-6-8-14(9-7-13)17(3)4/h6-9,16H,5,10-12H2,1-4H3. The van der Waals surface area contributed by atoms with Gasteiger partial charge in [0.25, 0.3) is 0 Å². The second-order valence-corrected chi connectivity index (χ2v) is 4.82. The zero-order valence-electron chi connectivity index (χ0n) is 12.4. The van der Waals surface area contributed by atoms with Crippen LogP contribution >= 0.6 is 0 Å². The summed E-state index contributed by atoms with van der Waals surface area (Å²) in [5, 5.41) is 3.01. The lowest BCUT2D eigenvalue weighted by molar-refractivity contribution is -0.131. The summed E-state index contributed by atoms with van der Waals surface area (Å²) in [6.45, 7) is 4.19. The fourth-order valence-electron chi connectivity index (χ4n) is 1.89. The van der Waals surface area contributed by atoms with E-state index in [0.29, 0.717) is 13.0 Å². The summed E-state index contributed by atoms with van der Waals surface area (Å²) < 4.78 is 0. The lowest BCUT2D eigenvalue weighted by Crippen LogP contribution is -2.32. The molecule has 0 saturated carbocycles. The molecule has 1 aromatic carbocycles. The Labute approximate surface area is 116 Å². The van der Waals surface area contributed by atoms with Crippen molar-refractivity contribution in [2.24, 2.45) is 0 Å². The van der Waals surface area contributed by atoms with Gasteiger partial charge in [-0.15, -0.1) is 0 Å². The summed E-state index contributed by atoms with van der Waals surface area (Å²) in [4.78, 5) is 16.0. The zero-order valence-corrected chi connectivity index (χ0v) is 12.4. The first-order valence-electron chi connectivity index (χ1n) is 6.77. The van der Waals surface area contributed by atoms with Gasteiger partial charge in [-0.3, -0.25) is 4.79 Å². The van der Waals surface area contributed by atoms with Crippen molar-refractivity contribution in [1.29, 1.82) is 0 Å². The number of carbonyl (C=O) groups excluding carboxylic acids is 1. The number of hydrogen-bond acceptors (Lipinski definition) is 3. The van der Waals surface area contributed by atoms with Crippen molar-refractivity contribution in [3.8, 4) is 0 Å². The predicted molar refractivity (Wildman–Crippen MR) is 80.4 cm³/mol. The van der Waals surface area contributed by atoms with E-state index in [4.69, 9.17) is 0 Å². The number of anilines is 1. The molecule has 0 heterocycles. The summed E-state index contributed by atoms with van der Waals surface area (Å²) in [6, 6.07) is 8.34. The summed E-state index contributed by atoms with van der Waals surface area (Å²) in [5.74, 6) is 0.202. The quantitative estimate of drug-likeness (QED) is 0.813. The maximum Gasteiger partial charge on any atom is 0.224 e. The van der Waals surface area contributed by atoms with Crippen molar-refractivity contribution in [3.63, 3.8) is 0 Å². The van der Waals surface area contributed by atoms with E-state index in [1.807, 2.05) is 33.0 Å². The number of hydrogen-bond donors (Lipinski definition) is 1. The Morgan fingerprint density at radius 2 is 1.84 bits per heavy atom. The zero-order chi connectivity index (χ0) is 14.3. The van der Waals surface area contributed by atoms with Crippen LogP contribution in [0.4, 0.5) is 5.69 Å². The van der Waals surface area contributed by atoms with Gasteiger partial charge >= 0.3 is 0 Å². The Hall–Kier alpha value is -1.55. The third-order valence-electron chi connectivity index (χ3n) is 3.15. The molecule has 0 unspecified atom stereocenters. The van der Waals surface area contributed by atoms with E-state index < -0.39 is 0 Å². The van der Waals surface area contributed by atoms with Crippen LogP contribution in [0.25, 0.3) is 0 Å². The van der Waals surface area contributed by atoms with Crippen LogP contribution < -0.4 is 10.2 Å². The van der Waals surface area contributed by atoms with Crippen LogP contribution in [0.5, 0.6) is 0 Å². The molecule has 0 spiro atoms. The Morgan fingerprint density at radius 3 is 2.32 bits per heavy atom. The maximum absolute atomic E-state index is 12.0. The minimum absolute atomic E-state index is 0.202. The second-order valence-electron chi connectivity index (χ2n) is 4.82. The van der Waals surface area contributed by atoms with E-state index in [-0.39, 0.29) is 5.91 Å². The number of nitrogens with zero attached hydrogens (tertiary/aromatic N) is 2. The molecule has 0 aliphatic carbocycles. The van der Waals surface area contributed by atoms with Gasteiger partial charge in [0.1, 0.15) is 0 Å². The molecule has 0 bridgehead atoms. The van der Waals surface area contributed by atoms with Gasteiger partial charge in [0.15, 0.2) is 0 Å². The van der Waals surface area contributed by atoms with Crippen LogP contribution in [0.1, 0.15) is 18.9 Å². The van der Waals surface area contributed by atoms with Crippen LogP contribution in [-0.2, 0) is 11.3 Å². The Balaban J connectivity index is 2.62. The number of nitrogens with one attached hydrogen (secondary N) is 1. The highest BCUT2D eigenvalue weighted by molar-refractivity contribution is 5.76. The van der Waals surface area contributed by atoms with E-state index in [0.717, 1.165) is 13.1 Å². The highest BCUT2D eigenvalue weighted by Crippen LogP contribution is 2.14. The molecule has 0 aromatic heterocycles. The smallest absolute Gasteiger partial charge is 0.224 e. The maximum atomic E-state index is 12.0. The molecule has 0 atom stereocenters. The number of amides is 1. The molecule has 1 aromatic rings. The molecule has 0 fully saturated rings. The van der Waals surface area contributed by atoms with Gasteiger partial charge in [-0.1, -0.05) is 12.1 Å². The first kappa shape index (κ1) is 15.5. The molecule has 1 amide bonds. The number of rotatable bonds is 7. The SMILES string of the molecule is CCN(Cc1ccc(N(C)C)cc1)C(=O)CCNC. The summed E-state index contributed by atoms with van der Waals surface area (Å²) in [7, 11) is 5.91. The molecule has 0 aliphatic heterocycles. The van der Waals surface area contributed by atoms with Crippen LogP contribution in [0, 0.1) is 0 Å². The first-order valence-corrected chi connectivity index (χ1v) is 6.77. The average molecular weight is 263 g/mol. The van der Waals surface area contributed by atoms with Gasteiger partial charge < -0.3 is 15.1 Å². The van der Waals surface area contributed by atoms with E-state index >= 15 is 0 Å². The molecule has 0 aliphatic rings. The lowest BCUT2D eigenvalue weighted by Gasteiger charge is -2.21. The van der Waals surface area contributed by atoms with Gasteiger partial charge in [0.05, 0.1) is 0 Å². The first-order chi connectivity index (χ1) is 9.08. The minimum Gasteiger partial charge on any atom is -0.378 e. The highest BCUT2D eigenvalue weighted by atomic mass is 16.2. The fourth-order valence-corrected chi connectivity index (χ4v) is 1.89. The molecule has 4 nitrogen and oxygen atoms in total. The molecule has 0 saturated heterocycles. The predicted octanol–water partition coefficient (Wildman–Crippen LogP) is 1.71. The van der Waals surface area contributed by atoms with E-state index in [1.165, 1.54) is 11.3 Å². The normalized spacial score (nSPS) is 10.3. The molecular formula is C15H25N3O. The molecular weight excluding hydrogens is 238 g/mol. The van der Waals surface area contributed by atoms with Gasteiger partial charge in [-0.05, 0) is 31.7 Å². The van der Waals surface area contributed by atoms with Crippen molar-refractivity contribution in [2.45, 2.75) is 19.9 Å². The Morgan fingerprint density at radius 1 is 1.21 bits per heavy atom. The van der Waals surface area contributed by atoms with Crippen LogP contribution in [0.15, 0.2) is 24.3 Å². The van der Waals surface area contributed by atoms with Crippen molar-refractivity contribution in [2.75, 3.05) is 39.1 Å². The van der Waals surface area contributed by atoms with E-state index in [2.05, 4.69) is 34.5 Å². The fraction of sp³-hybridized carbons (Fsp3) is 0.533. The second kappa shape index (κ2) is 7.79. The van der Waals surface area contributed by atoms with Gasteiger partial charge in [-0.2, -0.15) is 0 Å². The van der Waals surface area contributed by atoms with Crippen LogP contribution in [0.2, 0.25) is 0 Å². The van der Waals surface area contributed by atoms with E-state index in [9.17, 15) is 4.79 Å². The largest absolute Gasteiger partial charge is 0.378 e. The molecule has 1 rings (SSSR count). The van der Waals surface area contributed by atoms with Crippen molar-refractivity contribution in [1.82, 2.24) is 10.2 Å². The third-order valence-corrected chi connectivity index (χ3v) is 3.15. The topological polar surface area (TPSA) is 35.6 Å². The minimum atomic E-state index is 0.202.